The number of hydrogen-bond donors (Lipinski definition) is 0. The first-order chi connectivity index (χ1) is 13.7. The van der Waals surface area contributed by atoms with Gasteiger partial charge in [0.1, 0.15) is 0 Å². The Bertz CT molecular complexity index is 1080. The van der Waals surface area contributed by atoms with E-state index in [1.807, 2.05) is 31.2 Å². The predicted octanol–water partition coefficient (Wildman–Crippen LogP) is 4.92. The zero-order chi connectivity index (χ0) is 19.5. The maximum Gasteiger partial charge on any atom is 0.258 e. The Morgan fingerprint density at radius 1 is 1.14 bits per heavy atom. The van der Waals surface area contributed by atoms with Gasteiger partial charge >= 0.3 is 0 Å². The molecule has 1 atom stereocenters. The number of pyridine rings is 1. The summed E-state index contributed by atoms with van der Waals surface area (Å²) >= 11 is 7.58. The molecule has 0 saturated heterocycles. The number of halogens is 1. The largest absolute Gasteiger partial charge is 0.334 e. The Labute approximate surface area is 171 Å². The summed E-state index contributed by atoms with van der Waals surface area (Å²) in [6, 6.07) is 11.2. The van der Waals surface area contributed by atoms with Gasteiger partial charge in [-0.05, 0) is 44.2 Å². The lowest BCUT2D eigenvalue weighted by Gasteiger charge is -2.09. The Morgan fingerprint density at radius 2 is 1.96 bits per heavy atom. The fourth-order valence-electron chi connectivity index (χ4n) is 2.73. The van der Waals surface area contributed by atoms with Crippen LogP contribution in [0.5, 0.6) is 0 Å². The highest BCUT2D eigenvalue weighted by molar-refractivity contribution is 7.99. The van der Waals surface area contributed by atoms with Crippen molar-refractivity contribution in [1.82, 2.24) is 29.9 Å². The third-order valence-corrected chi connectivity index (χ3v) is 5.44. The van der Waals surface area contributed by atoms with Gasteiger partial charge in [-0.15, -0.1) is 10.2 Å². The van der Waals surface area contributed by atoms with E-state index in [4.69, 9.17) is 16.1 Å². The molecule has 0 aliphatic heterocycles. The molecule has 1 unspecified atom stereocenters. The van der Waals surface area contributed by atoms with Gasteiger partial charge in [0, 0.05) is 35.1 Å². The normalized spacial score (nSPS) is 12.2. The number of thioether (sulfide) groups is 1. The van der Waals surface area contributed by atoms with Gasteiger partial charge in [0.25, 0.3) is 5.89 Å². The first kappa shape index (κ1) is 18.6. The molecule has 9 heteroatoms. The molecule has 0 amide bonds. The quantitative estimate of drug-likeness (QED) is 0.416. The van der Waals surface area contributed by atoms with Crippen molar-refractivity contribution in [1.29, 1.82) is 0 Å². The molecule has 0 aliphatic carbocycles. The summed E-state index contributed by atoms with van der Waals surface area (Å²) < 4.78 is 7.48. The highest BCUT2D eigenvalue weighted by atomic mass is 35.5. The summed E-state index contributed by atoms with van der Waals surface area (Å²) in [5.74, 6) is 1.85. The van der Waals surface area contributed by atoms with Crippen LogP contribution in [0, 0.1) is 0 Å². The minimum absolute atomic E-state index is 0.0588. The van der Waals surface area contributed by atoms with Gasteiger partial charge in [0.2, 0.25) is 0 Å². The molecule has 0 radical (unpaired) electrons. The van der Waals surface area contributed by atoms with E-state index < -0.39 is 0 Å². The fraction of sp³-hybridized carbons (Fsp3) is 0.211. The van der Waals surface area contributed by atoms with Gasteiger partial charge < -0.3 is 9.09 Å². The molecule has 3 heterocycles. The average Bonchev–Trinajstić information content (AvgIpc) is 3.36. The zero-order valence-electron chi connectivity index (χ0n) is 15.3. The van der Waals surface area contributed by atoms with Crippen molar-refractivity contribution < 1.29 is 4.52 Å². The maximum atomic E-state index is 6.04. The Kier molecular flexibility index (Phi) is 5.40. The molecular formula is C19H17ClN6OS. The molecule has 0 bridgehead atoms. The van der Waals surface area contributed by atoms with Crippen LogP contribution in [0.4, 0.5) is 0 Å². The molecule has 0 fully saturated rings. The molecule has 1 aromatic carbocycles. The summed E-state index contributed by atoms with van der Waals surface area (Å²) in [6.45, 7) is 4.83. The number of rotatable bonds is 6. The van der Waals surface area contributed by atoms with Crippen molar-refractivity contribution in [2.75, 3.05) is 0 Å². The highest BCUT2D eigenvalue weighted by Crippen LogP contribution is 2.35. The molecule has 0 aliphatic rings. The Morgan fingerprint density at radius 3 is 2.71 bits per heavy atom. The van der Waals surface area contributed by atoms with Crippen LogP contribution in [0.1, 0.15) is 24.9 Å². The first-order valence-corrected chi connectivity index (χ1v) is 10.0. The number of nitrogens with zero attached hydrogens (tertiary/aromatic N) is 6. The molecule has 142 valence electrons. The standard InChI is InChI=1S/C19H17ClN6OS/c1-3-26-17(13-7-9-21-10-8-13)23-24-19(26)28-12(2)16-22-18(27-25-16)14-5-4-6-15(20)11-14/h4-12H,3H2,1-2H3. The maximum absolute atomic E-state index is 6.04. The lowest BCUT2D eigenvalue weighted by atomic mass is 10.2. The van der Waals surface area contributed by atoms with Gasteiger partial charge in [0.05, 0.1) is 5.25 Å². The fourth-order valence-corrected chi connectivity index (χ4v) is 3.86. The van der Waals surface area contributed by atoms with Crippen molar-refractivity contribution in [3.05, 3.63) is 59.6 Å². The third kappa shape index (κ3) is 3.79. The van der Waals surface area contributed by atoms with Gasteiger partial charge in [0.15, 0.2) is 16.8 Å². The van der Waals surface area contributed by atoms with Gasteiger partial charge in [-0.25, -0.2) is 0 Å². The average molecular weight is 413 g/mol. The summed E-state index contributed by atoms with van der Waals surface area (Å²) in [5.41, 5.74) is 1.77. The lowest BCUT2D eigenvalue weighted by molar-refractivity contribution is 0.423. The highest BCUT2D eigenvalue weighted by Gasteiger charge is 2.21. The summed E-state index contributed by atoms with van der Waals surface area (Å²) in [6.07, 6.45) is 3.49. The molecule has 3 aromatic heterocycles. The number of hydrogen-bond acceptors (Lipinski definition) is 7. The van der Waals surface area contributed by atoms with Crippen molar-refractivity contribution >= 4 is 23.4 Å². The molecule has 4 rings (SSSR count). The van der Waals surface area contributed by atoms with E-state index in [0.717, 1.165) is 28.7 Å². The number of aromatic nitrogens is 6. The molecule has 4 aromatic rings. The second-order valence-corrected chi connectivity index (χ2v) is 7.76. The number of benzene rings is 1. The van der Waals surface area contributed by atoms with E-state index in [2.05, 4.69) is 36.8 Å². The predicted molar refractivity (Wildman–Crippen MR) is 108 cm³/mol. The lowest BCUT2D eigenvalue weighted by Crippen LogP contribution is -2.01. The van der Waals surface area contributed by atoms with Crippen molar-refractivity contribution in [2.45, 2.75) is 30.8 Å². The van der Waals surface area contributed by atoms with E-state index in [-0.39, 0.29) is 5.25 Å². The van der Waals surface area contributed by atoms with Crippen LogP contribution >= 0.6 is 23.4 Å². The van der Waals surface area contributed by atoms with Crippen LogP contribution < -0.4 is 0 Å². The van der Waals surface area contributed by atoms with Crippen molar-refractivity contribution in [3.8, 4) is 22.8 Å². The molecule has 0 N–H and O–H groups in total. The van der Waals surface area contributed by atoms with E-state index in [1.165, 1.54) is 11.8 Å². The van der Waals surface area contributed by atoms with Crippen molar-refractivity contribution in [3.63, 3.8) is 0 Å². The Balaban J connectivity index is 1.56. The van der Waals surface area contributed by atoms with Crippen molar-refractivity contribution in [2.24, 2.45) is 0 Å². The second kappa shape index (κ2) is 8.12. The monoisotopic (exact) mass is 412 g/mol. The van der Waals surface area contributed by atoms with Gasteiger partial charge in [-0.1, -0.05) is 34.6 Å². The topological polar surface area (TPSA) is 82.5 Å². The molecule has 0 spiro atoms. The molecule has 7 nitrogen and oxygen atoms in total. The van der Waals surface area contributed by atoms with E-state index in [9.17, 15) is 0 Å². The van der Waals surface area contributed by atoms with Crippen LogP contribution in [0.2, 0.25) is 5.02 Å². The van der Waals surface area contributed by atoms with E-state index in [0.29, 0.717) is 16.7 Å². The molecular weight excluding hydrogens is 396 g/mol. The second-order valence-electron chi connectivity index (χ2n) is 6.01. The van der Waals surface area contributed by atoms with Crippen LogP contribution in [0.3, 0.4) is 0 Å². The third-order valence-electron chi connectivity index (χ3n) is 4.13. The minimum Gasteiger partial charge on any atom is -0.334 e. The first-order valence-electron chi connectivity index (χ1n) is 8.75. The molecule has 0 saturated carbocycles. The van der Waals surface area contributed by atoms with E-state index >= 15 is 0 Å². The summed E-state index contributed by atoms with van der Waals surface area (Å²) in [5, 5.41) is 14.2. The van der Waals surface area contributed by atoms with Gasteiger partial charge in [-0.3, -0.25) is 4.98 Å². The van der Waals surface area contributed by atoms with Crippen LogP contribution in [-0.4, -0.2) is 29.9 Å². The Hall–Kier alpha value is -2.71. The van der Waals surface area contributed by atoms with Crippen LogP contribution in [0.25, 0.3) is 22.8 Å². The minimum atomic E-state index is -0.0588. The zero-order valence-corrected chi connectivity index (χ0v) is 16.9. The van der Waals surface area contributed by atoms with Gasteiger partial charge in [-0.2, -0.15) is 4.98 Å². The SMILES string of the molecule is CCn1c(SC(C)c2noc(-c3cccc(Cl)c3)n2)nnc1-c1ccncc1. The summed E-state index contributed by atoms with van der Waals surface area (Å²) in [7, 11) is 0. The molecule has 28 heavy (non-hydrogen) atoms. The van der Waals surface area contributed by atoms with Crippen LogP contribution in [-0.2, 0) is 6.54 Å². The smallest absolute Gasteiger partial charge is 0.258 e. The van der Waals surface area contributed by atoms with E-state index in [1.54, 1.807) is 24.5 Å². The summed E-state index contributed by atoms with van der Waals surface area (Å²) in [4.78, 5) is 8.57. The van der Waals surface area contributed by atoms with Crippen LogP contribution in [0.15, 0.2) is 58.5 Å².